The van der Waals surface area contributed by atoms with Gasteiger partial charge in [0.1, 0.15) is 23.0 Å². The van der Waals surface area contributed by atoms with Gasteiger partial charge in [0.05, 0.1) is 18.8 Å². The van der Waals surface area contributed by atoms with Crippen molar-refractivity contribution in [3.63, 3.8) is 0 Å². The first-order valence-electron chi connectivity index (χ1n) is 8.87. The maximum atomic E-state index is 8.30. The van der Waals surface area contributed by atoms with Gasteiger partial charge in [-0.1, -0.05) is 11.6 Å². The van der Waals surface area contributed by atoms with Gasteiger partial charge in [-0.15, -0.1) is 0 Å². The molecule has 2 fully saturated rings. The lowest BCUT2D eigenvalue weighted by Gasteiger charge is -2.34. The first kappa shape index (κ1) is 19.4. The van der Waals surface area contributed by atoms with Crippen molar-refractivity contribution in [3.05, 3.63) is 47.4 Å². The molecule has 2 N–H and O–H groups in total. The van der Waals surface area contributed by atoms with Crippen molar-refractivity contribution in [3.8, 4) is 11.9 Å². The fraction of sp³-hybridized carbons (Fsp3) is 0.421. The molecule has 1 saturated carbocycles. The number of ether oxygens (including phenoxy) is 2. The SMILES string of the molecule is N#Cc1ccc(Cl)nc1.NC1CC(Oc2ncccc2N2CCOCC2)C1. The number of hydrogen-bond acceptors (Lipinski definition) is 7. The van der Waals surface area contributed by atoms with E-state index in [-0.39, 0.29) is 6.10 Å². The summed E-state index contributed by atoms with van der Waals surface area (Å²) in [7, 11) is 0. The number of pyridine rings is 2. The van der Waals surface area contributed by atoms with E-state index in [1.807, 2.05) is 12.1 Å². The molecule has 2 aromatic heterocycles. The highest BCUT2D eigenvalue weighted by molar-refractivity contribution is 6.29. The Hall–Kier alpha value is -2.40. The van der Waals surface area contributed by atoms with Crippen molar-refractivity contribution in [2.75, 3.05) is 31.2 Å². The number of nitriles is 1. The Morgan fingerprint density at radius 3 is 2.63 bits per heavy atom. The number of anilines is 1. The Kier molecular flexibility index (Phi) is 6.82. The van der Waals surface area contributed by atoms with E-state index < -0.39 is 0 Å². The molecule has 0 amide bonds. The predicted octanol–water partition coefficient (Wildman–Crippen LogP) is 2.39. The van der Waals surface area contributed by atoms with E-state index >= 15 is 0 Å². The Balaban J connectivity index is 0.000000197. The molecule has 27 heavy (non-hydrogen) atoms. The molecule has 1 aliphatic carbocycles. The zero-order valence-electron chi connectivity index (χ0n) is 14.9. The molecule has 4 rings (SSSR count). The van der Waals surface area contributed by atoms with Crippen LogP contribution in [0.15, 0.2) is 36.7 Å². The van der Waals surface area contributed by atoms with Gasteiger partial charge in [0.2, 0.25) is 5.88 Å². The first-order chi connectivity index (χ1) is 13.2. The number of nitrogens with zero attached hydrogens (tertiary/aromatic N) is 4. The van der Waals surface area contributed by atoms with Crippen LogP contribution in [0, 0.1) is 11.3 Å². The molecule has 3 heterocycles. The second-order valence-electron chi connectivity index (χ2n) is 6.38. The molecule has 0 radical (unpaired) electrons. The van der Waals surface area contributed by atoms with Crippen LogP contribution in [-0.2, 0) is 4.74 Å². The van der Waals surface area contributed by atoms with Gasteiger partial charge in [-0.25, -0.2) is 9.97 Å². The third kappa shape index (κ3) is 5.54. The Morgan fingerprint density at radius 1 is 1.22 bits per heavy atom. The zero-order chi connectivity index (χ0) is 19.1. The zero-order valence-corrected chi connectivity index (χ0v) is 15.7. The summed E-state index contributed by atoms with van der Waals surface area (Å²) in [5.74, 6) is 0.733. The molecule has 0 bridgehead atoms. The molecule has 2 aromatic rings. The van der Waals surface area contributed by atoms with Crippen LogP contribution < -0.4 is 15.4 Å². The number of hydrogen-bond donors (Lipinski definition) is 1. The fourth-order valence-electron chi connectivity index (χ4n) is 2.82. The van der Waals surface area contributed by atoms with Crippen molar-refractivity contribution in [1.82, 2.24) is 9.97 Å². The second-order valence-corrected chi connectivity index (χ2v) is 6.77. The van der Waals surface area contributed by atoms with E-state index in [1.165, 1.54) is 6.20 Å². The number of rotatable bonds is 3. The van der Waals surface area contributed by atoms with Gasteiger partial charge in [-0.3, -0.25) is 0 Å². The number of nitrogens with two attached hydrogens (primary N) is 1. The van der Waals surface area contributed by atoms with E-state index in [1.54, 1.807) is 18.3 Å². The lowest BCUT2D eigenvalue weighted by atomic mass is 9.90. The number of morpholine rings is 1. The van der Waals surface area contributed by atoms with Crippen molar-refractivity contribution in [1.29, 1.82) is 5.26 Å². The highest BCUT2D eigenvalue weighted by atomic mass is 35.5. The van der Waals surface area contributed by atoms with Crippen LogP contribution in [0.3, 0.4) is 0 Å². The monoisotopic (exact) mass is 387 g/mol. The number of aromatic nitrogens is 2. The van der Waals surface area contributed by atoms with Crippen LogP contribution in [0.25, 0.3) is 0 Å². The lowest BCUT2D eigenvalue weighted by Crippen LogP contribution is -2.44. The fourth-order valence-corrected chi connectivity index (χ4v) is 2.93. The van der Waals surface area contributed by atoms with Crippen LogP contribution >= 0.6 is 11.6 Å². The van der Waals surface area contributed by atoms with E-state index in [9.17, 15) is 0 Å². The van der Waals surface area contributed by atoms with Crippen LogP contribution in [-0.4, -0.2) is 48.4 Å². The van der Waals surface area contributed by atoms with Gasteiger partial charge in [0.25, 0.3) is 0 Å². The maximum absolute atomic E-state index is 8.30. The van der Waals surface area contributed by atoms with E-state index in [4.69, 9.17) is 32.1 Å². The molecule has 7 nitrogen and oxygen atoms in total. The summed E-state index contributed by atoms with van der Waals surface area (Å²) in [6.45, 7) is 3.32. The summed E-state index contributed by atoms with van der Waals surface area (Å²) in [6.07, 6.45) is 5.30. The van der Waals surface area contributed by atoms with Gasteiger partial charge in [0.15, 0.2) is 0 Å². The van der Waals surface area contributed by atoms with E-state index in [0.29, 0.717) is 16.8 Å². The summed E-state index contributed by atoms with van der Waals surface area (Å²) >= 11 is 5.45. The van der Waals surface area contributed by atoms with Crippen molar-refractivity contribution in [2.24, 2.45) is 5.73 Å². The smallest absolute Gasteiger partial charge is 0.237 e. The molecule has 1 saturated heterocycles. The molecule has 0 atom stereocenters. The molecule has 1 aliphatic heterocycles. The molecule has 8 heteroatoms. The second kappa shape index (κ2) is 9.51. The van der Waals surface area contributed by atoms with Gasteiger partial charge in [-0.2, -0.15) is 5.26 Å². The average Bonchev–Trinajstić information content (AvgIpc) is 2.69. The van der Waals surface area contributed by atoms with Crippen molar-refractivity contribution >= 4 is 17.3 Å². The number of halogens is 1. The van der Waals surface area contributed by atoms with Gasteiger partial charge < -0.3 is 20.1 Å². The predicted molar refractivity (Wildman–Crippen MR) is 103 cm³/mol. The highest BCUT2D eigenvalue weighted by Gasteiger charge is 2.29. The van der Waals surface area contributed by atoms with Gasteiger partial charge in [0, 0.05) is 31.5 Å². The van der Waals surface area contributed by atoms with Gasteiger partial charge in [-0.05, 0) is 37.1 Å². The lowest BCUT2D eigenvalue weighted by molar-refractivity contribution is 0.0946. The van der Waals surface area contributed by atoms with Gasteiger partial charge >= 0.3 is 0 Å². The highest BCUT2D eigenvalue weighted by Crippen LogP contribution is 2.30. The molecule has 0 unspecified atom stereocenters. The Bertz CT molecular complexity index is 768. The molecule has 142 valence electrons. The molecular formula is C19H22ClN5O2. The standard InChI is InChI=1S/C13H19N3O2.C6H3ClN2/c14-10-8-11(9-10)18-13-12(2-1-3-15-13)16-4-6-17-7-5-16;7-6-2-1-5(3-8)4-9-6/h1-3,10-11H,4-9,14H2;1-2,4H. The minimum Gasteiger partial charge on any atom is -0.473 e. The minimum absolute atomic E-state index is 0.231. The Labute approximate surface area is 163 Å². The van der Waals surface area contributed by atoms with E-state index in [0.717, 1.165) is 50.7 Å². The average molecular weight is 388 g/mol. The Morgan fingerprint density at radius 2 is 2.00 bits per heavy atom. The summed E-state index contributed by atoms with van der Waals surface area (Å²) < 4.78 is 11.3. The quantitative estimate of drug-likeness (QED) is 0.807. The molecule has 0 aromatic carbocycles. The van der Waals surface area contributed by atoms with Crippen LogP contribution in [0.5, 0.6) is 5.88 Å². The summed E-state index contributed by atoms with van der Waals surface area (Å²) in [6, 6.07) is 9.44. The van der Waals surface area contributed by atoms with Crippen molar-refractivity contribution < 1.29 is 9.47 Å². The first-order valence-corrected chi connectivity index (χ1v) is 9.25. The third-order valence-electron chi connectivity index (χ3n) is 4.37. The maximum Gasteiger partial charge on any atom is 0.237 e. The normalized spacial score (nSPS) is 21.3. The molecule has 0 spiro atoms. The van der Waals surface area contributed by atoms with Crippen LogP contribution in [0.1, 0.15) is 18.4 Å². The minimum atomic E-state index is 0.231. The van der Waals surface area contributed by atoms with Crippen LogP contribution in [0.4, 0.5) is 5.69 Å². The van der Waals surface area contributed by atoms with Crippen molar-refractivity contribution in [2.45, 2.75) is 25.0 Å². The largest absolute Gasteiger partial charge is 0.473 e. The molecule has 2 aliphatic rings. The third-order valence-corrected chi connectivity index (χ3v) is 4.59. The summed E-state index contributed by atoms with van der Waals surface area (Å²) in [5.41, 5.74) is 7.37. The summed E-state index contributed by atoms with van der Waals surface area (Å²) in [5, 5.41) is 8.71. The van der Waals surface area contributed by atoms with Crippen LogP contribution in [0.2, 0.25) is 5.15 Å². The summed E-state index contributed by atoms with van der Waals surface area (Å²) in [4.78, 5) is 10.3. The van der Waals surface area contributed by atoms with E-state index in [2.05, 4.69) is 20.9 Å². The topological polar surface area (TPSA) is 97.3 Å². The molecular weight excluding hydrogens is 366 g/mol.